The SMILES string of the molecule is Cc1cccc(OC(C)C(=O)N2CC[C@H](C(=O)O)[C@H](C)C2)c1. The van der Waals surface area contributed by atoms with Gasteiger partial charge in [0, 0.05) is 13.1 Å². The van der Waals surface area contributed by atoms with Gasteiger partial charge >= 0.3 is 5.97 Å². The Morgan fingerprint density at radius 3 is 2.73 bits per heavy atom. The number of hydrogen-bond donors (Lipinski definition) is 1. The fraction of sp³-hybridized carbons (Fsp3) is 0.529. The van der Waals surface area contributed by atoms with Crippen LogP contribution in [0.2, 0.25) is 0 Å². The number of likely N-dealkylation sites (tertiary alicyclic amines) is 1. The van der Waals surface area contributed by atoms with E-state index in [9.17, 15) is 9.59 Å². The fourth-order valence-electron chi connectivity index (χ4n) is 2.91. The molecule has 1 fully saturated rings. The van der Waals surface area contributed by atoms with Crippen LogP contribution in [0, 0.1) is 18.8 Å². The number of piperidine rings is 1. The number of hydrogen-bond acceptors (Lipinski definition) is 3. The summed E-state index contributed by atoms with van der Waals surface area (Å²) in [5.74, 6) is -0.589. The number of aliphatic carboxylic acids is 1. The van der Waals surface area contributed by atoms with Crippen molar-refractivity contribution in [3.05, 3.63) is 29.8 Å². The number of carbonyl (C=O) groups excluding carboxylic acids is 1. The van der Waals surface area contributed by atoms with E-state index >= 15 is 0 Å². The van der Waals surface area contributed by atoms with Gasteiger partial charge in [0.05, 0.1) is 5.92 Å². The lowest BCUT2D eigenvalue weighted by molar-refractivity contribution is -0.150. The van der Waals surface area contributed by atoms with Gasteiger partial charge < -0.3 is 14.7 Å². The summed E-state index contributed by atoms with van der Waals surface area (Å²) in [6.45, 7) is 6.53. The summed E-state index contributed by atoms with van der Waals surface area (Å²) >= 11 is 0. The zero-order valence-electron chi connectivity index (χ0n) is 13.3. The van der Waals surface area contributed by atoms with Crippen LogP contribution in [-0.4, -0.2) is 41.1 Å². The maximum absolute atomic E-state index is 12.5. The average molecular weight is 305 g/mol. The summed E-state index contributed by atoms with van der Waals surface area (Å²) in [4.78, 5) is 25.3. The maximum Gasteiger partial charge on any atom is 0.306 e. The molecule has 2 rings (SSSR count). The molecule has 1 saturated heterocycles. The smallest absolute Gasteiger partial charge is 0.306 e. The van der Waals surface area contributed by atoms with Crippen LogP contribution in [0.15, 0.2) is 24.3 Å². The fourth-order valence-corrected chi connectivity index (χ4v) is 2.91. The molecule has 1 amide bonds. The van der Waals surface area contributed by atoms with Crippen LogP contribution in [0.3, 0.4) is 0 Å². The van der Waals surface area contributed by atoms with E-state index in [1.54, 1.807) is 11.8 Å². The van der Waals surface area contributed by atoms with Gasteiger partial charge in [0.1, 0.15) is 5.75 Å². The van der Waals surface area contributed by atoms with E-state index in [2.05, 4.69) is 0 Å². The summed E-state index contributed by atoms with van der Waals surface area (Å²) in [5, 5.41) is 9.14. The Hall–Kier alpha value is -2.04. The molecule has 1 heterocycles. The third-order valence-corrected chi connectivity index (χ3v) is 4.18. The van der Waals surface area contributed by atoms with E-state index in [-0.39, 0.29) is 17.7 Å². The molecule has 1 aliphatic heterocycles. The summed E-state index contributed by atoms with van der Waals surface area (Å²) in [6.07, 6.45) is -0.0743. The first-order chi connectivity index (χ1) is 10.4. The lowest BCUT2D eigenvalue weighted by atomic mass is 9.87. The Bertz CT molecular complexity index is 557. The maximum atomic E-state index is 12.5. The van der Waals surface area contributed by atoms with E-state index in [0.29, 0.717) is 25.3 Å². The predicted octanol–water partition coefficient (Wildman–Crippen LogP) is 2.33. The first-order valence-electron chi connectivity index (χ1n) is 7.63. The van der Waals surface area contributed by atoms with Gasteiger partial charge in [-0.05, 0) is 43.9 Å². The number of carbonyl (C=O) groups is 2. The molecular weight excluding hydrogens is 282 g/mol. The second-order valence-electron chi connectivity index (χ2n) is 6.07. The summed E-state index contributed by atoms with van der Waals surface area (Å²) < 4.78 is 5.71. The highest BCUT2D eigenvalue weighted by Gasteiger charge is 2.34. The van der Waals surface area contributed by atoms with Crippen molar-refractivity contribution in [1.29, 1.82) is 0 Å². The lowest BCUT2D eigenvalue weighted by Gasteiger charge is -2.36. The summed E-state index contributed by atoms with van der Waals surface area (Å²) in [7, 11) is 0. The molecule has 1 N–H and O–H groups in total. The Morgan fingerprint density at radius 2 is 2.14 bits per heavy atom. The topological polar surface area (TPSA) is 66.8 Å². The van der Waals surface area contributed by atoms with Gasteiger partial charge in [-0.2, -0.15) is 0 Å². The monoisotopic (exact) mass is 305 g/mol. The summed E-state index contributed by atoms with van der Waals surface area (Å²) in [5.41, 5.74) is 1.08. The Labute approximate surface area is 130 Å². The molecule has 120 valence electrons. The molecule has 0 radical (unpaired) electrons. The number of nitrogens with zero attached hydrogens (tertiary/aromatic N) is 1. The molecule has 1 aromatic rings. The number of ether oxygens (including phenoxy) is 1. The van der Waals surface area contributed by atoms with Crippen molar-refractivity contribution < 1.29 is 19.4 Å². The Morgan fingerprint density at radius 1 is 1.41 bits per heavy atom. The van der Waals surface area contributed by atoms with Crippen LogP contribution in [0.5, 0.6) is 5.75 Å². The number of benzene rings is 1. The molecular formula is C17H23NO4. The van der Waals surface area contributed by atoms with E-state index in [1.807, 2.05) is 38.1 Å². The van der Waals surface area contributed by atoms with Crippen molar-refractivity contribution in [2.75, 3.05) is 13.1 Å². The second kappa shape index (κ2) is 6.81. The minimum absolute atomic E-state index is 0.0404. The van der Waals surface area contributed by atoms with E-state index in [0.717, 1.165) is 5.56 Å². The van der Waals surface area contributed by atoms with Crippen molar-refractivity contribution in [1.82, 2.24) is 4.90 Å². The van der Waals surface area contributed by atoms with Gasteiger partial charge in [0.2, 0.25) is 0 Å². The van der Waals surface area contributed by atoms with Crippen LogP contribution in [0.1, 0.15) is 25.8 Å². The Balaban J connectivity index is 1.95. The molecule has 1 unspecified atom stereocenters. The van der Waals surface area contributed by atoms with Gasteiger partial charge in [-0.25, -0.2) is 0 Å². The van der Waals surface area contributed by atoms with Crippen LogP contribution in [0.25, 0.3) is 0 Å². The van der Waals surface area contributed by atoms with Crippen molar-refractivity contribution in [3.8, 4) is 5.75 Å². The standard InChI is InChI=1S/C17H23NO4/c1-11-5-4-6-14(9-11)22-13(3)16(19)18-8-7-15(17(20)21)12(2)10-18/h4-6,9,12-13,15H,7-8,10H2,1-3H3,(H,20,21)/t12-,13?,15+/m1/s1. The Kier molecular flexibility index (Phi) is 5.06. The first-order valence-corrected chi connectivity index (χ1v) is 7.63. The largest absolute Gasteiger partial charge is 0.481 e. The minimum Gasteiger partial charge on any atom is -0.481 e. The van der Waals surface area contributed by atoms with Crippen molar-refractivity contribution in [3.63, 3.8) is 0 Å². The van der Waals surface area contributed by atoms with E-state index < -0.39 is 12.1 Å². The normalized spacial score (nSPS) is 23.0. The minimum atomic E-state index is -0.774. The molecule has 5 nitrogen and oxygen atoms in total. The average Bonchev–Trinajstić information content (AvgIpc) is 2.45. The van der Waals surface area contributed by atoms with Gasteiger partial charge in [-0.15, -0.1) is 0 Å². The van der Waals surface area contributed by atoms with Crippen molar-refractivity contribution >= 4 is 11.9 Å². The molecule has 1 aromatic carbocycles. The lowest BCUT2D eigenvalue weighted by Crippen LogP contribution is -2.49. The third-order valence-electron chi connectivity index (χ3n) is 4.18. The molecule has 0 aromatic heterocycles. The van der Waals surface area contributed by atoms with E-state index in [4.69, 9.17) is 9.84 Å². The molecule has 5 heteroatoms. The highest BCUT2D eigenvalue weighted by atomic mass is 16.5. The molecule has 0 spiro atoms. The van der Waals surface area contributed by atoms with E-state index in [1.165, 1.54) is 0 Å². The highest BCUT2D eigenvalue weighted by molar-refractivity contribution is 5.81. The molecule has 3 atom stereocenters. The van der Waals surface area contributed by atoms with Crippen LogP contribution < -0.4 is 4.74 Å². The van der Waals surface area contributed by atoms with Crippen molar-refractivity contribution in [2.45, 2.75) is 33.3 Å². The first kappa shape index (κ1) is 16.3. The number of rotatable bonds is 4. The highest BCUT2D eigenvalue weighted by Crippen LogP contribution is 2.24. The molecule has 0 saturated carbocycles. The zero-order chi connectivity index (χ0) is 16.3. The van der Waals surface area contributed by atoms with Gasteiger partial charge in [-0.1, -0.05) is 19.1 Å². The van der Waals surface area contributed by atoms with Crippen LogP contribution in [0.4, 0.5) is 0 Å². The number of amides is 1. The van der Waals surface area contributed by atoms with Crippen molar-refractivity contribution in [2.24, 2.45) is 11.8 Å². The third kappa shape index (κ3) is 3.78. The molecule has 0 bridgehead atoms. The number of carboxylic acids is 1. The van der Waals surface area contributed by atoms with Gasteiger partial charge in [0.25, 0.3) is 5.91 Å². The second-order valence-corrected chi connectivity index (χ2v) is 6.07. The molecule has 0 aliphatic carbocycles. The van der Waals surface area contributed by atoms with Crippen LogP contribution >= 0.6 is 0 Å². The summed E-state index contributed by atoms with van der Waals surface area (Å²) in [6, 6.07) is 7.58. The number of aryl methyl sites for hydroxylation is 1. The van der Waals surface area contributed by atoms with Crippen LogP contribution in [-0.2, 0) is 9.59 Å². The zero-order valence-corrected chi connectivity index (χ0v) is 13.3. The molecule has 1 aliphatic rings. The predicted molar refractivity (Wildman–Crippen MR) is 82.8 cm³/mol. The van der Waals surface area contributed by atoms with Gasteiger partial charge in [0.15, 0.2) is 6.10 Å². The number of carboxylic acid groups (broad SMARTS) is 1. The molecule has 22 heavy (non-hydrogen) atoms. The van der Waals surface area contributed by atoms with Gasteiger partial charge in [-0.3, -0.25) is 9.59 Å². The quantitative estimate of drug-likeness (QED) is 0.927.